The summed E-state index contributed by atoms with van der Waals surface area (Å²) < 4.78 is 87.1. The van der Waals surface area contributed by atoms with Crippen LogP contribution in [0.4, 0.5) is 26.3 Å². The van der Waals surface area contributed by atoms with Crippen LogP contribution in [0, 0.1) is 11.3 Å². The third kappa shape index (κ3) is 4.94. The summed E-state index contributed by atoms with van der Waals surface area (Å²) in [4.78, 5) is 18.1. The molecule has 0 atom stereocenters. The van der Waals surface area contributed by atoms with Gasteiger partial charge in [0.2, 0.25) is 0 Å². The van der Waals surface area contributed by atoms with Crippen LogP contribution in [0.5, 0.6) is 0 Å². The molecule has 9 heteroatoms. The Labute approximate surface area is 207 Å². The lowest BCUT2D eigenvalue weighted by Crippen LogP contribution is -2.63. The van der Waals surface area contributed by atoms with Gasteiger partial charge in [-0.25, -0.2) is 4.99 Å². The van der Waals surface area contributed by atoms with Crippen LogP contribution in [0.15, 0.2) is 46.6 Å². The van der Waals surface area contributed by atoms with Gasteiger partial charge in [-0.05, 0) is 29.7 Å². The molecule has 1 saturated carbocycles. The maximum Gasteiger partial charge on any atom is 0.427 e. The van der Waals surface area contributed by atoms with Gasteiger partial charge in [0, 0.05) is 25.1 Å². The zero-order chi connectivity index (χ0) is 26.4. The number of ketones is 1. The minimum Gasteiger partial charge on any atom is -0.329 e. The summed E-state index contributed by atoms with van der Waals surface area (Å²) in [6.45, 7) is 3.45. The molecule has 1 fully saturated rings. The molecule has 36 heavy (non-hydrogen) atoms. The molecule has 0 bridgehead atoms. The fourth-order valence-electron chi connectivity index (χ4n) is 5.92. The molecule has 3 aliphatic rings. The molecule has 2 aliphatic carbocycles. The van der Waals surface area contributed by atoms with E-state index in [-0.39, 0.29) is 36.8 Å². The van der Waals surface area contributed by atoms with E-state index in [1.807, 2.05) is 0 Å². The summed E-state index contributed by atoms with van der Waals surface area (Å²) in [5.41, 5.74) is -6.04. The van der Waals surface area contributed by atoms with E-state index in [2.05, 4.69) is 4.99 Å². The Hall–Kier alpha value is -2.32. The molecule has 0 radical (unpaired) electrons. The Morgan fingerprint density at radius 1 is 0.944 bits per heavy atom. The van der Waals surface area contributed by atoms with Crippen molar-refractivity contribution in [2.75, 3.05) is 0 Å². The SMILES string of the molecule is CC1(C)CC(=O)C2=C(C1)N(Cc1ccccc1)C(CCC1CCCCC1)=NC2(C(F)(F)F)C(F)(F)F. The second kappa shape index (κ2) is 9.53. The quantitative estimate of drug-likeness (QED) is 0.376. The lowest BCUT2D eigenvalue weighted by Gasteiger charge is -2.48. The van der Waals surface area contributed by atoms with E-state index in [0.717, 1.165) is 37.7 Å². The number of allylic oxidation sites excluding steroid dienone is 1. The highest BCUT2D eigenvalue weighted by molar-refractivity contribution is 6.03. The number of halogens is 6. The molecule has 1 aromatic carbocycles. The maximum absolute atomic E-state index is 14.5. The number of hydrogen-bond acceptors (Lipinski definition) is 3. The summed E-state index contributed by atoms with van der Waals surface area (Å²) in [5, 5.41) is 0. The van der Waals surface area contributed by atoms with Crippen LogP contribution in [0.25, 0.3) is 0 Å². The third-order valence-electron chi connectivity index (χ3n) is 7.65. The van der Waals surface area contributed by atoms with E-state index >= 15 is 0 Å². The van der Waals surface area contributed by atoms with Crippen molar-refractivity contribution in [1.29, 1.82) is 0 Å². The second-order valence-electron chi connectivity index (χ2n) is 11.1. The highest BCUT2D eigenvalue weighted by atomic mass is 19.4. The van der Waals surface area contributed by atoms with Crippen molar-refractivity contribution in [3.05, 3.63) is 47.2 Å². The zero-order valence-corrected chi connectivity index (χ0v) is 20.6. The first kappa shape index (κ1) is 26.7. The van der Waals surface area contributed by atoms with Gasteiger partial charge in [0.1, 0.15) is 5.84 Å². The van der Waals surface area contributed by atoms with E-state index in [9.17, 15) is 31.1 Å². The fourth-order valence-corrected chi connectivity index (χ4v) is 5.92. The van der Waals surface area contributed by atoms with Crippen LogP contribution in [0.3, 0.4) is 0 Å². The Kier molecular flexibility index (Phi) is 7.07. The summed E-state index contributed by atoms with van der Waals surface area (Å²) in [5.74, 6) is -1.13. The van der Waals surface area contributed by atoms with Crippen LogP contribution in [0.2, 0.25) is 0 Å². The van der Waals surface area contributed by atoms with Gasteiger partial charge in [-0.3, -0.25) is 4.79 Å². The molecule has 198 valence electrons. The molecule has 3 nitrogen and oxygen atoms in total. The standard InChI is InChI=1S/C27H32F6N2O/c1-24(2)15-20-23(21(36)16-24)25(26(28,29)30,27(31,32)33)34-22(14-13-18-9-5-3-6-10-18)35(20)17-19-11-7-4-8-12-19/h4,7-8,11-12,18H,3,5-6,9-10,13-17H2,1-2H3. The molecule has 1 aliphatic heterocycles. The molecule has 0 aromatic heterocycles. The van der Waals surface area contributed by atoms with Gasteiger partial charge in [-0.1, -0.05) is 76.3 Å². The van der Waals surface area contributed by atoms with Crippen LogP contribution in [-0.4, -0.2) is 34.4 Å². The van der Waals surface area contributed by atoms with Crippen molar-refractivity contribution >= 4 is 11.6 Å². The van der Waals surface area contributed by atoms with Crippen molar-refractivity contribution in [2.24, 2.45) is 16.3 Å². The maximum atomic E-state index is 14.5. The van der Waals surface area contributed by atoms with Crippen molar-refractivity contribution in [3.8, 4) is 0 Å². The van der Waals surface area contributed by atoms with E-state index in [4.69, 9.17) is 0 Å². The van der Waals surface area contributed by atoms with Gasteiger partial charge in [0.25, 0.3) is 5.54 Å². The third-order valence-corrected chi connectivity index (χ3v) is 7.65. The van der Waals surface area contributed by atoms with Crippen molar-refractivity contribution in [1.82, 2.24) is 4.90 Å². The van der Waals surface area contributed by atoms with Crippen LogP contribution >= 0.6 is 0 Å². The Morgan fingerprint density at radius 3 is 2.14 bits per heavy atom. The molecular weight excluding hydrogens is 482 g/mol. The number of carbonyl (C=O) groups excluding carboxylic acids is 1. The highest BCUT2D eigenvalue weighted by Crippen LogP contribution is 2.57. The molecular formula is C27H32F6N2O. The number of benzene rings is 1. The molecule has 4 rings (SSSR count). The van der Waals surface area contributed by atoms with Gasteiger partial charge < -0.3 is 4.90 Å². The second-order valence-corrected chi connectivity index (χ2v) is 11.1. The fraction of sp³-hybridized carbons (Fsp3) is 0.630. The van der Waals surface area contributed by atoms with Crippen LogP contribution in [0.1, 0.15) is 77.2 Å². The molecule has 0 N–H and O–H groups in total. The summed E-state index contributed by atoms with van der Waals surface area (Å²) in [6.07, 6.45) is -6.68. The summed E-state index contributed by atoms with van der Waals surface area (Å²) in [7, 11) is 0. The molecule has 0 spiro atoms. The smallest absolute Gasteiger partial charge is 0.329 e. The summed E-state index contributed by atoms with van der Waals surface area (Å²) >= 11 is 0. The predicted octanol–water partition coefficient (Wildman–Crippen LogP) is 7.77. The Balaban J connectivity index is 1.89. The van der Waals surface area contributed by atoms with Crippen LogP contribution < -0.4 is 0 Å². The normalized spacial score (nSPS) is 22.9. The topological polar surface area (TPSA) is 32.7 Å². The van der Waals surface area contributed by atoms with E-state index in [0.29, 0.717) is 6.42 Å². The lowest BCUT2D eigenvalue weighted by molar-refractivity contribution is -0.283. The van der Waals surface area contributed by atoms with E-state index < -0.39 is 41.1 Å². The number of alkyl halides is 6. The number of carbonyl (C=O) groups is 1. The van der Waals surface area contributed by atoms with Gasteiger partial charge in [0.05, 0.1) is 5.57 Å². The van der Waals surface area contributed by atoms with Crippen molar-refractivity contribution < 1.29 is 31.1 Å². The number of hydrogen-bond donors (Lipinski definition) is 0. The van der Waals surface area contributed by atoms with Gasteiger partial charge in [-0.2, -0.15) is 26.3 Å². The molecule has 0 amide bonds. The highest BCUT2D eigenvalue weighted by Gasteiger charge is 2.76. The Morgan fingerprint density at radius 2 is 1.56 bits per heavy atom. The van der Waals surface area contributed by atoms with Crippen LogP contribution in [-0.2, 0) is 11.3 Å². The number of amidine groups is 1. The molecule has 1 aromatic rings. The van der Waals surface area contributed by atoms with Gasteiger partial charge in [0.15, 0.2) is 5.78 Å². The van der Waals surface area contributed by atoms with Gasteiger partial charge in [-0.15, -0.1) is 0 Å². The molecule has 1 heterocycles. The van der Waals surface area contributed by atoms with E-state index in [1.54, 1.807) is 44.2 Å². The minimum absolute atomic E-state index is 0.00317. The summed E-state index contributed by atoms with van der Waals surface area (Å²) in [6, 6.07) is 8.85. The number of aliphatic imine (C=N–C) groups is 1. The molecule has 0 saturated heterocycles. The largest absolute Gasteiger partial charge is 0.427 e. The number of rotatable bonds is 5. The predicted molar refractivity (Wildman–Crippen MR) is 125 cm³/mol. The number of Topliss-reactive ketones (excluding diaryl/α,β-unsaturated/α-hetero) is 1. The lowest BCUT2D eigenvalue weighted by atomic mass is 9.69. The zero-order valence-electron chi connectivity index (χ0n) is 20.6. The first-order valence-corrected chi connectivity index (χ1v) is 12.6. The minimum atomic E-state index is -5.81. The van der Waals surface area contributed by atoms with Gasteiger partial charge >= 0.3 is 12.4 Å². The average molecular weight is 515 g/mol. The Bertz CT molecular complexity index is 1020. The average Bonchev–Trinajstić information content (AvgIpc) is 2.77. The first-order valence-electron chi connectivity index (χ1n) is 12.6. The number of nitrogens with zero attached hydrogens (tertiary/aromatic N) is 2. The monoisotopic (exact) mass is 514 g/mol. The van der Waals surface area contributed by atoms with Crippen molar-refractivity contribution in [3.63, 3.8) is 0 Å². The van der Waals surface area contributed by atoms with E-state index in [1.165, 1.54) is 4.90 Å². The molecule has 0 unspecified atom stereocenters. The first-order chi connectivity index (χ1) is 16.8. The van der Waals surface area contributed by atoms with Crippen molar-refractivity contribution in [2.45, 2.75) is 96.1 Å².